The molecule has 0 radical (unpaired) electrons. The molecule has 0 aromatic carbocycles. The van der Waals surface area contributed by atoms with Crippen molar-refractivity contribution >= 4 is 20.1 Å². The molecule has 0 spiro atoms. The van der Waals surface area contributed by atoms with Crippen LogP contribution in [0.1, 0.15) is 53.9 Å². The molecule has 0 saturated heterocycles. The van der Waals surface area contributed by atoms with Crippen LogP contribution in [0.4, 0.5) is 0 Å². The Hall–Kier alpha value is -0.983. The van der Waals surface area contributed by atoms with Gasteiger partial charge in [0.25, 0.3) is 0 Å². The number of fused-ring (bicyclic) bond motifs is 1. The molecule has 1 N–H and O–H groups in total. The molecule has 2 aliphatic carbocycles. The van der Waals surface area contributed by atoms with Crippen molar-refractivity contribution in [3.05, 3.63) is 11.1 Å². The number of Topliss-reactive ketones (excluding diaryl/α,β-unsaturated/α-hetero) is 1. The third kappa shape index (κ3) is 3.34. The highest BCUT2D eigenvalue weighted by molar-refractivity contribution is 6.74. The molecule has 0 amide bonds. The van der Waals surface area contributed by atoms with E-state index in [4.69, 9.17) is 9.16 Å². The summed E-state index contributed by atoms with van der Waals surface area (Å²) in [7, 11) is -2.05. The lowest BCUT2D eigenvalue weighted by atomic mass is 9.53. The maximum absolute atomic E-state index is 12.7. The van der Waals surface area contributed by atoms with Gasteiger partial charge in [0.1, 0.15) is 12.4 Å². The third-order valence-electron chi connectivity index (χ3n) is 7.31. The van der Waals surface area contributed by atoms with Crippen LogP contribution in [0, 0.1) is 16.7 Å². The van der Waals surface area contributed by atoms with Crippen LogP contribution in [0.15, 0.2) is 11.1 Å². The van der Waals surface area contributed by atoms with Crippen molar-refractivity contribution in [2.75, 3.05) is 13.2 Å². The lowest BCUT2D eigenvalue weighted by Gasteiger charge is -2.54. The molecule has 1 heterocycles. The topological polar surface area (TPSA) is 72.8 Å². The zero-order valence-electron chi connectivity index (χ0n) is 17.8. The van der Waals surface area contributed by atoms with E-state index in [9.17, 15) is 14.7 Å². The van der Waals surface area contributed by atoms with E-state index in [1.165, 1.54) is 0 Å². The average Bonchev–Trinajstić information content (AvgIpc) is 2.78. The smallest absolute Gasteiger partial charge is 0.336 e. The van der Waals surface area contributed by atoms with Gasteiger partial charge in [-0.3, -0.25) is 4.79 Å². The molecule has 0 aromatic rings. The largest absolute Gasteiger partial charge is 0.461 e. The number of ketones is 1. The molecule has 27 heavy (non-hydrogen) atoms. The number of aliphatic hydroxyl groups excluding tert-OH is 1. The highest BCUT2D eigenvalue weighted by Crippen LogP contribution is 2.60. The number of cyclic esters (lactones) is 1. The van der Waals surface area contributed by atoms with Crippen molar-refractivity contribution < 1.29 is 23.9 Å². The molecular formula is C21H34O5Si. The molecule has 1 aliphatic heterocycles. The second kappa shape index (κ2) is 6.26. The Morgan fingerprint density at radius 3 is 2.33 bits per heavy atom. The van der Waals surface area contributed by atoms with Gasteiger partial charge in [0.2, 0.25) is 0 Å². The van der Waals surface area contributed by atoms with Crippen LogP contribution in [-0.2, 0) is 18.8 Å². The number of carbonyl (C=O) groups excluding carboxylic acids is 2. The van der Waals surface area contributed by atoms with Crippen LogP contribution in [0.2, 0.25) is 18.1 Å². The molecule has 2 fully saturated rings. The Balaban J connectivity index is 1.93. The van der Waals surface area contributed by atoms with E-state index >= 15 is 0 Å². The number of aliphatic hydroxyl groups is 1. The highest BCUT2D eigenvalue weighted by Gasteiger charge is 2.62. The molecule has 152 valence electrons. The van der Waals surface area contributed by atoms with E-state index in [-0.39, 0.29) is 35.4 Å². The van der Waals surface area contributed by atoms with Gasteiger partial charge in [0.15, 0.2) is 8.32 Å². The molecule has 6 heteroatoms. The predicted octanol–water partition coefficient (Wildman–Crippen LogP) is 3.62. The van der Waals surface area contributed by atoms with Gasteiger partial charge in [-0.2, -0.15) is 0 Å². The average molecular weight is 395 g/mol. The van der Waals surface area contributed by atoms with Crippen LogP contribution in [0.3, 0.4) is 0 Å². The quantitative estimate of drug-likeness (QED) is 0.582. The first-order chi connectivity index (χ1) is 12.2. The standard InChI is InChI=1S/C21H34O5Si/c1-19(2,3)27(6,7)26-11-13-17-16(23)10-21(17,12-25-18(13)24)14-8-20(4,5)9-15(14)22/h14,16,23H,8-12H2,1-7H3/t14-,16-,21+/m1/s1. The summed E-state index contributed by atoms with van der Waals surface area (Å²) >= 11 is 0. The number of ether oxygens (including phenoxy) is 1. The summed E-state index contributed by atoms with van der Waals surface area (Å²) in [5, 5.41) is 10.6. The molecule has 0 bridgehead atoms. The summed E-state index contributed by atoms with van der Waals surface area (Å²) in [5.74, 6) is -0.350. The van der Waals surface area contributed by atoms with E-state index < -0.39 is 25.8 Å². The predicted molar refractivity (Wildman–Crippen MR) is 106 cm³/mol. The first kappa shape index (κ1) is 20.7. The fraction of sp³-hybridized carbons (Fsp3) is 0.810. The van der Waals surface area contributed by atoms with Gasteiger partial charge in [-0.1, -0.05) is 34.6 Å². The molecule has 5 nitrogen and oxygen atoms in total. The fourth-order valence-corrected chi connectivity index (χ4v) is 5.60. The van der Waals surface area contributed by atoms with Gasteiger partial charge < -0.3 is 14.3 Å². The molecule has 0 aromatic heterocycles. The van der Waals surface area contributed by atoms with Crippen LogP contribution < -0.4 is 0 Å². The van der Waals surface area contributed by atoms with Gasteiger partial charge in [-0.15, -0.1) is 0 Å². The van der Waals surface area contributed by atoms with Crippen molar-refractivity contribution in [1.82, 2.24) is 0 Å². The molecule has 2 saturated carbocycles. The van der Waals surface area contributed by atoms with Gasteiger partial charge in [0, 0.05) is 17.8 Å². The van der Waals surface area contributed by atoms with E-state index in [1.54, 1.807) is 0 Å². The minimum atomic E-state index is -2.05. The SMILES string of the molecule is CC1(C)CC(=O)[C@H]([C@]23COC(=O)C(CO[Si](C)(C)C(C)(C)C)=C2[C@H](O)C3)C1. The molecular weight excluding hydrogens is 360 g/mol. The lowest BCUT2D eigenvalue weighted by molar-refractivity contribution is -0.156. The van der Waals surface area contributed by atoms with E-state index in [0.29, 0.717) is 24.0 Å². The zero-order chi connectivity index (χ0) is 20.4. The first-order valence-electron chi connectivity index (χ1n) is 9.96. The maximum atomic E-state index is 12.7. The summed E-state index contributed by atoms with van der Waals surface area (Å²) in [6, 6.07) is 0. The number of carbonyl (C=O) groups is 2. The number of esters is 1. The van der Waals surface area contributed by atoms with Gasteiger partial charge in [-0.25, -0.2) is 4.79 Å². The number of rotatable bonds is 4. The Bertz CT molecular complexity index is 700. The molecule has 3 aliphatic rings. The maximum Gasteiger partial charge on any atom is 0.336 e. The van der Waals surface area contributed by atoms with Gasteiger partial charge in [-0.05, 0) is 42.0 Å². The Labute approximate surface area is 163 Å². The Kier molecular flexibility index (Phi) is 4.81. The summed E-state index contributed by atoms with van der Waals surface area (Å²) in [6.07, 6.45) is 1.14. The van der Waals surface area contributed by atoms with Crippen LogP contribution >= 0.6 is 0 Å². The van der Waals surface area contributed by atoms with Crippen molar-refractivity contribution in [2.45, 2.75) is 78.1 Å². The van der Waals surface area contributed by atoms with Crippen LogP contribution in [0.25, 0.3) is 0 Å². The third-order valence-corrected chi connectivity index (χ3v) is 11.8. The second-order valence-corrected chi connectivity index (χ2v) is 15.8. The molecule has 3 atom stereocenters. The zero-order valence-corrected chi connectivity index (χ0v) is 18.8. The van der Waals surface area contributed by atoms with Crippen molar-refractivity contribution in [1.29, 1.82) is 0 Å². The van der Waals surface area contributed by atoms with E-state index in [0.717, 1.165) is 6.42 Å². The van der Waals surface area contributed by atoms with Gasteiger partial charge >= 0.3 is 5.97 Å². The Morgan fingerprint density at radius 1 is 1.22 bits per heavy atom. The fourth-order valence-electron chi connectivity index (χ4n) is 4.66. The highest BCUT2D eigenvalue weighted by atomic mass is 28.4. The second-order valence-electron chi connectivity index (χ2n) is 11.0. The lowest BCUT2D eigenvalue weighted by Crippen LogP contribution is -2.57. The van der Waals surface area contributed by atoms with Crippen molar-refractivity contribution in [3.8, 4) is 0 Å². The first-order valence-corrected chi connectivity index (χ1v) is 12.9. The van der Waals surface area contributed by atoms with Crippen LogP contribution in [-0.4, -0.2) is 44.5 Å². The summed E-state index contributed by atoms with van der Waals surface area (Å²) < 4.78 is 11.8. The van der Waals surface area contributed by atoms with Crippen molar-refractivity contribution in [2.24, 2.45) is 16.7 Å². The van der Waals surface area contributed by atoms with Crippen molar-refractivity contribution in [3.63, 3.8) is 0 Å². The van der Waals surface area contributed by atoms with E-state index in [1.807, 2.05) is 0 Å². The summed E-state index contributed by atoms with van der Waals surface area (Å²) in [5.41, 5.74) is 0.599. The molecule has 0 unspecified atom stereocenters. The van der Waals surface area contributed by atoms with Gasteiger partial charge in [0.05, 0.1) is 18.3 Å². The summed E-state index contributed by atoms with van der Waals surface area (Å²) in [4.78, 5) is 25.3. The molecule has 3 rings (SSSR count). The Morgan fingerprint density at radius 2 is 1.85 bits per heavy atom. The number of hydrogen-bond donors (Lipinski definition) is 1. The number of hydrogen-bond acceptors (Lipinski definition) is 5. The monoisotopic (exact) mass is 394 g/mol. The summed E-state index contributed by atoms with van der Waals surface area (Å²) in [6.45, 7) is 15.3. The minimum Gasteiger partial charge on any atom is -0.461 e. The minimum absolute atomic E-state index is 0.0254. The van der Waals surface area contributed by atoms with E-state index in [2.05, 4.69) is 47.7 Å². The normalized spacial score (nSPS) is 33.6. The van der Waals surface area contributed by atoms with Crippen LogP contribution in [0.5, 0.6) is 0 Å².